The Kier molecular flexibility index (Phi) is 7.38. The van der Waals surface area contributed by atoms with Gasteiger partial charge < -0.3 is 8.83 Å². The zero-order valence-electron chi connectivity index (χ0n) is 29.9. The number of hydrogen-bond acceptors (Lipinski definition) is 6. The third-order valence-corrected chi connectivity index (χ3v) is 10.4. The molecule has 0 spiro atoms. The molecular formula is C50H30N4O2. The standard InChI is InChI=1S/C50H30N4O2/c1-4-13-32(14-5-1)47-52-48(33-15-6-2-7-16-33)54-49(53-47)34-25-23-31(24-26-34)36-27-28-39(38-20-11-10-19-37(36)38)40-21-12-22-42-44(40)41-29-30-43-45(46(41)55-42)51-50(56-43)35-17-8-3-9-18-35/h1-30H. The molecule has 6 nitrogen and oxygen atoms in total. The zero-order valence-corrected chi connectivity index (χ0v) is 29.9. The average Bonchev–Trinajstić information content (AvgIpc) is 3.89. The monoisotopic (exact) mass is 718 g/mol. The second-order valence-corrected chi connectivity index (χ2v) is 13.8. The second kappa shape index (κ2) is 13.0. The summed E-state index contributed by atoms with van der Waals surface area (Å²) in [5.41, 5.74) is 11.2. The number of aromatic nitrogens is 4. The topological polar surface area (TPSA) is 77.8 Å². The fraction of sp³-hybridized carbons (Fsp3) is 0. The van der Waals surface area contributed by atoms with Gasteiger partial charge in [-0.05, 0) is 63.4 Å². The summed E-state index contributed by atoms with van der Waals surface area (Å²) in [6, 6.07) is 62.0. The van der Waals surface area contributed by atoms with Crippen LogP contribution in [-0.4, -0.2) is 19.9 Å². The third kappa shape index (κ3) is 5.35. The van der Waals surface area contributed by atoms with Gasteiger partial charge in [-0.2, -0.15) is 0 Å². The Bertz CT molecular complexity index is 3170. The molecular weight excluding hydrogens is 689 g/mol. The van der Waals surface area contributed by atoms with Gasteiger partial charge in [0.25, 0.3) is 0 Å². The van der Waals surface area contributed by atoms with E-state index in [0.717, 1.165) is 82.7 Å². The van der Waals surface area contributed by atoms with Gasteiger partial charge >= 0.3 is 0 Å². The van der Waals surface area contributed by atoms with Crippen molar-refractivity contribution in [1.82, 2.24) is 19.9 Å². The summed E-state index contributed by atoms with van der Waals surface area (Å²) in [5.74, 6) is 2.49. The van der Waals surface area contributed by atoms with Crippen molar-refractivity contribution in [2.45, 2.75) is 0 Å². The normalized spacial score (nSPS) is 11.6. The highest BCUT2D eigenvalue weighted by atomic mass is 16.4. The fourth-order valence-electron chi connectivity index (χ4n) is 7.72. The van der Waals surface area contributed by atoms with Crippen LogP contribution in [-0.2, 0) is 0 Å². The van der Waals surface area contributed by atoms with Crippen molar-refractivity contribution in [3.8, 4) is 67.9 Å². The fourth-order valence-corrected chi connectivity index (χ4v) is 7.72. The SMILES string of the molecule is c1ccc(-c2nc(-c3ccccc3)nc(-c3ccc(-c4ccc(-c5cccc6oc7c(ccc8oc(-c9ccccc9)nc87)c56)c5ccccc45)cc3)n2)cc1. The lowest BCUT2D eigenvalue weighted by Gasteiger charge is -2.13. The van der Waals surface area contributed by atoms with Crippen molar-refractivity contribution in [2.75, 3.05) is 0 Å². The van der Waals surface area contributed by atoms with Crippen LogP contribution in [0.3, 0.4) is 0 Å². The molecule has 6 heteroatoms. The summed E-state index contributed by atoms with van der Waals surface area (Å²) in [6.07, 6.45) is 0. The van der Waals surface area contributed by atoms with E-state index in [-0.39, 0.29) is 0 Å². The Hall–Kier alpha value is -7.70. The molecule has 262 valence electrons. The van der Waals surface area contributed by atoms with Crippen molar-refractivity contribution < 1.29 is 8.83 Å². The molecule has 11 rings (SSSR count). The molecule has 3 heterocycles. The minimum absolute atomic E-state index is 0.575. The van der Waals surface area contributed by atoms with Crippen molar-refractivity contribution >= 4 is 43.8 Å². The Morgan fingerprint density at radius 2 is 0.839 bits per heavy atom. The first-order valence-electron chi connectivity index (χ1n) is 18.6. The summed E-state index contributed by atoms with van der Waals surface area (Å²) >= 11 is 0. The van der Waals surface area contributed by atoms with Crippen LogP contribution < -0.4 is 0 Å². The van der Waals surface area contributed by atoms with Crippen LogP contribution in [0.4, 0.5) is 0 Å². The van der Waals surface area contributed by atoms with E-state index in [0.29, 0.717) is 28.9 Å². The lowest BCUT2D eigenvalue weighted by molar-refractivity contribution is 0.620. The molecule has 0 saturated heterocycles. The van der Waals surface area contributed by atoms with Crippen LogP contribution in [0.1, 0.15) is 0 Å². The third-order valence-electron chi connectivity index (χ3n) is 10.4. The van der Waals surface area contributed by atoms with Crippen LogP contribution in [0.5, 0.6) is 0 Å². The molecule has 56 heavy (non-hydrogen) atoms. The zero-order chi connectivity index (χ0) is 37.0. The number of fused-ring (bicyclic) bond motifs is 6. The van der Waals surface area contributed by atoms with E-state index in [2.05, 4.69) is 78.9 Å². The summed E-state index contributed by atoms with van der Waals surface area (Å²) in [6.45, 7) is 0. The van der Waals surface area contributed by atoms with E-state index in [1.54, 1.807) is 0 Å². The molecule has 0 aliphatic carbocycles. The van der Waals surface area contributed by atoms with Gasteiger partial charge in [-0.15, -0.1) is 0 Å². The molecule has 0 amide bonds. The van der Waals surface area contributed by atoms with Crippen molar-refractivity contribution in [1.29, 1.82) is 0 Å². The van der Waals surface area contributed by atoms with Crippen LogP contribution in [0.25, 0.3) is 112 Å². The summed E-state index contributed by atoms with van der Waals surface area (Å²) in [4.78, 5) is 19.6. The van der Waals surface area contributed by atoms with E-state index in [1.165, 1.54) is 0 Å². The molecule has 0 radical (unpaired) electrons. The van der Waals surface area contributed by atoms with E-state index in [1.807, 2.05) is 103 Å². The van der Waals surface area contributed by atoms with E-state index in [9.17, 15) is 0 Å². The average molecular weight is 719 g/mol. The largest absolute Gasteiger partial charge is 0.454 e. The first-order chi connectivity index (χ1) is 27.7. The van der Waals surface area contributed by atoms with Crippen molar-refractivity contribution in [3.63, 3.8) is 0 Å². The van der Waals surface area contributed by atoms with Gasteiger partial charge in [-0.3, -0.25) is 0 Å². The van der Waals surface area contributed by atoms with Crippen molar-refractivity contribution in [3.05, 3.63) is 182 Å². The second-order valence-electron chi connectivity index (χ2n) is 13.8. The number of furan rings is 1. The number of benzene rings is 8. The summed E-state index contributed by atoms with van der Waals surface area (Å²) in [5, 5.41) is 4.37. The molecule has 0 bridgehead atoms. The first kappa shape index (κ1) is 31.8. The molecule has 0 N–H and O–H groups in total. The minimum atomic E-state index is 0.575. The Labute approximate surface area is 321 Å². The van der Waals surface area contributed by atoms with Crippen LogP contribution in [0.15, 0.2) is 191 Å². The lowest BCUT2D eigenvalue weighted by atomic mass is 9.90. The van der Waals surface area contributed by atoms with Gasteiger partial charge in [0, 0.05) is 33.0 Å². The van der Waals surface area contributed by atoms with Crippen LogP contribution in [0, 0.1) is 0 Å². The lowest BCUT2D eigenvalue weighted by Crippen LogP contribution is -2.00. The van der Waals surface area contributed by atoms with Crippen LogP contribution in [0.2, 0.25) is 0 Å². The molecule has 8 aromatic carbocycles. The molecule has 0 fully saturated rings. The molecule has 3 aromatic heterocycles. The predicted octanol–water partition coefficient (Wildman–Crippen LogP) is 13.1. The van der Waals surface area contributed by atoms with Gasteiger partial charge in [0.1, 0.15) is 5.58 Å². The van der Waals surface area contributed by atoms with Gasteiger partial charge in [0.15, 0.2) is 34.2 Å². The first-order valence-corrected chi connectivity index (χ1v) is 18.6. The van der Waals surface area contributed by atoms with Gasteiger partial charge in [0.2, 0.25) is 5.89 Å². The van der Waals surface area contributed by atoms with E-state index >= 15 is 0 Å². The van der Waals surface area contributed by atoms with E-state index < -0.39 is 0 Å². The van der Waals surface area contributed by atoms with E-state index in [4.69, 9.17) is 28.8 Å². The van der Waals surface area contributed by atoms with Crippen molar-refractivity contribution in [2.24, 2.45) is 0 Å². The molecule has 0 aliphatic rings. The predicted molar refractivity (Wildman–Crippen MR) is 225 cm³/mol. The minimum Gasteiger partial charge on any atom is -0.454 e. The van der Waals surface area contributed by atoms with Gasteiger partial charge in [0.05, 0.1) is 0 Å². The number of hydrogen-bond donors (Lipinski definition) is 0. The Morgan fingerprint density at radius 1 is 0.304 bits per heavy atom. The Morgan fingerprint density at radius 3 is 1.48 bits per heavy atom. The smallest absolute Gasteiger partial charge is 0.227 e. The highest BCUT2D eigenvalue weighted by Gasteiger charge is 2.20. The van der Waals surface area contributed by atoms with Gasteiger partial charge in [-0.1, -0.05) is 152 Å². The molecule has 11 aromatic rings. The quantitative estimate of drug-likeness (QED) is 0.170. The molecule has 0 atom stereocenters. The number of rotatable bonds is 6. The molecule has 0 saturated carbocycles. The summed E-state index contributed by atoms with van der Waals surface area (Å²) in [7, 11) is 0. The number of nitrogens with zero attached hydrogens (tertiary/aromatic N) is 4. The molecule has 0 unspecified atom stereocenters. The Balaban J connectivity index is 1.00. The maximum atomic E-state index is 6.56. The van der Waals surface area contributed by atoms with Crippen LogP contribution >= 0.6 is 0 Å². The highest BCUT2D eigenvalue weighted by Crippen LogP contribution is 2.43. The summed E-state index contributed by atoms with van der Waals surface area (Å²) < 4.78 is 12.7. The molecule has 0 aliphatic heterocycles. The number of oxazole rings is 1. The maximum Gasteiger partial charge on any atom is 0.227 e. The van der Waals surface area contributed by atoms with Gasteiger partial charge in [-0.25, -0.2) is 19.9 Å². The highest BCUT2D eigenvalue weighted by molar-refractivity contribution is 6.20. The maximum absolute atomic E-state index is 6.56.